The Bertz CT molecular complexity index is 907. The summed E-state index contributed by atoms with van der Waals surface area (Å²) in [6.45, 7) is 3.84. The van der Waals surface area contributed by atoms with E-state index in [9.17, 15) is 4.79 Å². The van der Waals surface area contributed by atoms with Crippen molar-refractivity contribution in [2.45, 2.75) is 19.9 Å². The summed E-state index contributed by atoms with van der Waals surface area (Å²) in [4.78, 5) is 12.1. The van der Waals surface area contributed by atoms with Gasteiger partial charge in [-0.3, -0.25) is 4.79 Å². The predicted octanol–water partition coefficient (Wildman–Crippen LogP) is 4.94. The standard InChI is InChI=1S/C22H23N3O2/c1-15(2)24-22(26)16-8-13-21(20(23)14-16)25-17-9-11-19(12-10-17)27-18-6-4-3-5-7-18/h3-15,25H,23H2,1-2H3,(H,24,26). The van der Waals surface area contributed by atoms with Gasteiger partial charge in [-0.2, -0.15) is 0 Å². The molecule has 5 nitrogen and oxygen atoms in total. The third-order valence-electron chi connectivity index (χ3n) is 3.85. The van der Waals surface area contributed by atoms with Gasteiger partial charge in [0.2, 0.25) is 0 Å². The number of ether oxygens (including phenoxy) is 1. The van der Waals surface area contributed by atoms with Crippen molar-refractivity contribution < 1.29 is 9.53 Å². The molecule has 0 saturated heterocycles. The Morgan fingerprint density at radius 2 is 1.59 bits per heavy atom. The number of benzene rings is 3. The summed E-state index contributed by atoms with van der Waals surface area (Å²) >= 11 is 0. The minimum Gasteiger partial charge on any atom is -0.457 e. The van der Waals surface area contributed by atoms with Crippen molar-refractivity contribution in [3.63, 3.8) is 0 Å². The molecule has 0 aliphatic carbocycles. The topological polar surface area (TPSA) is 76.4 Å². The van der Waals surface area contributed by atoms with Crippen LogP contribution in [0.15, 0.2) is 72.8 Å². The van der Waals surface area contributed by atoms with Crippen LogP contribution in [0.2, 0.25) is 0 Å². The number of rotatable bonds is 6. The summed E-state index contributed by atoms with van der Waals surface area (Å²) in [5.74, 6) is 1.41. The highest BCUT2D eigenvalue weighted by molar-refractivity contribution is 5.96. The van der Waals surface area contributed by atoms with Crippen LogP contribution in [0, 0.1) is 0 Å². The molecule has 0 heterocycles. The number of hydrogen-bond donors (Lipinski definition) is 3. The maximum absolute atomic E-state index is 12.1. The lowest BCUT2D eigenvalue weighted by Crippen LogP contribution is -2.30. The first-order chi connectivity index (χ1) is 13.0. The molecule has 0 saturated carbocycles. The highest BCUT2D eigenvalue weighted by Gasteiger charge is 2.09. The highest BCUT2D eigenvalue weighted by atomic mass is 16.5. The molecule has 27 heavy (non-hydrogen) atoms. The zero-order chi connectivity index (χ0) is 19.2. The van der Waals surface area contributed by atoms with Gasteiger partial charge in [0.05, 0.1) is 11.4 Å². The highest BCUT2D eigenvalue weighted by Crippen LogP contribution is 2.27. The lowest BCUT2D eigenvalue weighted by Gasteiger charge is -2.13. The number of amides is 1. The Labute approximate surface area is 159 Å². The third kappa shape index (κ3) is 5.01. The Balaban J connectivity index is 1.67. The average Bonchev–Trinajstić information content (AvgIpc) is 2.65. The number of nitrogen functional groups attached to an aromatic ring is 1. The van der Waals surface area contributed by atoms with E-state index in [2.05, 4.69) is 10.6 Å². The number of hydrogen-bond acceptors (Lipinski definition) is 4. The molecule has 0 unspecified atom stereocenters. The van der Waals surface area contributed by atoms with Gasteiger partial charge < -0.3 is 21.1 Å². The smallest absolute Gasteiger partial charge is 0.251 e. The second kappa shape index (κ2) is 8.27. The monoisotopic (exact) mass is 361 g/mol. The molecule has 0 bridgehead atoms. The number of carbonyl (C=O) groups excluding carboxylic acids is 1. The van der Waals surface area contributed by atoms with Crippen molar-refractivity contribution in [1.29, 1.82) is 0 Å². The number of anilines is 3. The molecule has 138 valence electrons. The summed E-state index contributed by atoms with van der Waals surface area (Å²) < 4.78 is 5.78. The van der Waals surface area contributed by atoms with Crippen molar-refractivity contribution in [3.8, 4) is 11.5 Å². The quantitative estimate of drug-likeness (QED) is 0.543. The Morgan fingerprint density at radius 3 is 2.22 bits per heavy atom. The van der Waals surface area contributed by atoms with Gasteiger partial charge in [-0.25, -0.2) is 0 Å². The molecule has 4 N–H and O–H groups in total. The van der Waals surface area contributed by atoms with E-state index in [-0.39, 0.29) is 11.9 Å². The van der Waals surface area contributed by atoms with E-state index < -0.39 is 0 Å². The molecule has 0 spiro atoms. The number of para-hydroxylation sites is 1. The first-order valence-electron chi connectivity index (χ1n) is 8.81. The summed E-state index contributed by atoms with van der Waals surface area (Å²) in [5, 5.41) is 6.11. The molecule has 0 fully saturated rings. The zero-order valence-electron chi connectivity index (χ0n) is 15.4. The lowest BCUT2D eigenvalue weighted by molar-refractivity contribution is 0.0943. The fraction of sp³-hybridized carbons (Fsp3) is 0.136. The first kappa shape index (κ1) is 18.3. The van der Waals surface area contributed by atoms with Crippen LogP contribution in [0.3, 0.4) is 0 Å². The van der Waals surface area contributed by atoms with Gasteiger partial charge in [0.1, 0.15) is 11.5 Å². The zero-order valence-corrected chi connectivity index (χ0v) is 15.4. The molecule has 3 rings (SSSR count). The van der Waals surface area contributed by atoms with Crippen LogP contribution < -0.4 is 21.1 Å². The van der Waals surface area contributed by atoms with E-state index in [1.165, 1.54) is 0 Å². The third-order valence-corrected chi connectivity index (χ3v) is 3.85. The maximum Gasteiger partial charge on any atom is 0.251 e. The Morgan fingerprint density at radius 1 is 0.926 bits per heavy atom. The van der Waals surface area contributed by atoms with E-state index in [4.69, 9.17) is 10.5 Å². The summed E-state index contributed by atoms with van der Waals surface area (Å²) in [7, 11) is 0. The van der Waals surface area contributed by atoms with E-state index >= 15 is 0 Å². The van der Waals surface area contributed by atoms with Crippen LogP contribution in [0.25, 0.3) is 0 Å². The van der Waals surface area contributed by atoms with Crippen LogP contribution in [0.1, 0.15) is 24.2 Å². The van der Waals surface area contributed by atoms with Gasteiger partial charge in [-0.05, 0) is 68.4 Å². The van der Waals surface area contributed by atoms with Crippen molar-refractivity contribution in [2.75, 3.05) is 11.1 Å². The van der Waals surface area contributed by atoms with Crippen molar-refractivity contribution in [3.05, 3.63) is 78.4 Å². The largest absolute Gasteiger partial charge is 0.457 e. The average molecular weight is 361 g/mol. The van der Waals surface area contributed by atoms with E-state index in [1.54, 1.807) is 18.2 Å². The second-order valence-corrected chi connectivity index (χ2v) is 6.49. The van der Waals surface area contributed by atoms with Crippen molar-refractivity contribution >= 4 is 23.0 Å². The molecule has 3 aromatic carbocycles. The Kier molecular flexibility index (Phi) is 5.61. The van der Waals surface area contributed by atoms with Crippen LogP contribution in [-0.4, -0.2) is 11.9 Å². The fourth-order valence-electron chi connectivity index (χ4n) is 2.55. The van der Waals surface area contributed by atoms with Crippen LogP contribution in [0.5, 0.6) is 11.5 Å². The minimum absolute atomic E-state index is 0.0770. The fourth-order valence-corrected chi connectivity index (χ4v) is 2.55. The van der Waals surface area contributed by atoms with Gasteiger partial charge in [0, 0.05) is 17.3 Å². The SMILES string of the molecule is CC(C)NC(=O)c1ccc(Nc2ccc(Oc3ccccc3)cc2)c(N)c1. The summed E-state index contributed by atoms with van der Waals surface area (Å²) in [6, 6.07) is 22.5. The number of carbonyl (C=O) groups is 1. The molecule has 1 amide bonds. The molecule has 5 heteroatoms. The lowest BCUT2D eigenvalue weighted by atomic mass is 10.1. The molecule has 0 aromatic heterocycles. The van der Waals surface area contributed by atoms with E-state index in [0.29, 0.717) is 11.3 Å². The van der Waals surface area contributed by atoms with Gasteiger partial charge in [0.15, 0.2) is 0 Å². The van der Waals surface area contributed by atoms with Gasteiger partial charge in [-0.15, -0.1) is 0 Å². The first-order valence-corrected chi connectivity index (χ1v) is 8.81. The molecule has 0 atom stereocenters. The predicted molar refractivity (Wildman–Crippen MR) is 110 cm³/mol. The van der Waals surface area contributed by atoms with Gasteiger partial charge in [0.25, 0.3) is 5.91 Å². The molecule has 0 radical (unpaired) electrons. The normalized spacial score (nSPS) is 10.5. The van der Waals surface area contributed by atoms with Crippen molar-refractivity contribution in [1.82, 2.24) is 5.32 Å². The Hall–Kier alpha value is -3.47. The second-order valence-electron chi connectivity index (χ2n) is 6.49. The number of nitrogens with one attached hydrogen (secondary N) is 2. The van der Waals surface area contributed by atoms with Crippen LogP contribution in [-0.2, 0) is 0 Å². The van der Waals surface area contributed by atoms with Gasteiger partial charge >= 0.3 is 0 Å². The molecule has 3 aromatic rings. The summed E-state index contributed by atoms with van der Waals surface area (Å²) in [6.07, 6.45) is 0. The van der Waals surface area contributed by atoms with Gasteiger partial charge in [-0.1, -0.05) is 18.2 Å². The number of nitrogens with two attached hydrogens (primary N) is 1. The molecule has 0 aliphatic rings. The molecular formula is C22H23N3O2. The maximum atomic E-state index is 12.1. The van der Waals surface area contributed by atoms with E-state index in [0.717, 1.165) is 22.9 Å². The molecular weight excluding hydrogens is 338 g/mol. The van der Waals surface area contributed by atoms with E-state index in [1.807, 2.05) is 68.4 Å². The molecule has 0 aliphatic heterocycles. The minimum atomic E-state index is -0.134. The summed E-state index contributed by atoms with van der Waals surface area (Å²) in [5.41, 5.74) is 8.77. The van der Waals surface area contributed by atoms with Crippen LogP contribution in [0.4, 0.5) is 17.1 Å². The van der Waals surface area contributed by atoms with Crippen LogP contribution >= 0.6 is 0 Å². The van der Waals surface area contributed by atoms with Crippen molar-refractivity contribution in [2.24, 2.45) is 0 Å².